The Balaban J connectivity index is 2.21. The minimum absolute atomic E-state index is 0.133. The van der Waals surface area contributed by atoms with Crippen LogP contribution >= 0.6 is 0 Å². The van der Waals surface area contributed by atoms with E-state index in [9.17, 15) is 0 Å². The summed E-state index contributed by atoms with van der Waals surface area (Å²) >= 11 is 0. The molecular formula is C13H15N3O. The van der Waals surface area contributed by atoms with Crippen LogP contribution in [0.1, 0.15) is 13.3 Å². The number of anilines is 1. The van der Waals surface area contributed by atoms with Gasteiger partial charge in [-0.25, -0.2) is 0 Å². The van der Waals surface area contributed by atoms with Gasteiger partial charge in [-0.3, -0.25) is 5.01 Å². The van der Waals surface area contributed by atoms with Crippen molar-refractivity contribution in [3.8, 4) is 11.8 Å². The zero-order chi connectivity index (χ0) is 12.3. The summed E-state index contributed by atoms with van der Waals surface area (Å²) in [5.74, 6) is 1.12. The van der Waals surface area contributed by atoms with Gasteiger partial charge < -0.3 is 4.74 Å². The smallest absolute Gasteiger partial charge is 0.119 e. The molecule has 0 amide bonds. The summed E-state index contributed by atoms with van der Waals surface area (Å²) in [4.78, 5) is 0. The van der Waals surface area contributed by atoms with Gasteiger partial charge in [0.1, 0.15) is 5.75 Å². The molecule has 88 valence electrons. The van der Waals surface area contributed by atoms with Crippen LogP contribution in [-0.4, -0.2) is 19.4 Å². The third-order valence-electron chi connectivity index (χ3n) is 2.98. The first kappa shape index (κ1) is 11.5. The van der Waals surface area contributed by atoms with Gasteiger partial charge in [-0.1, -0.05) is 6.92 Å². The number of nitriles is 1. The normalized spacial score (nSPS) is 22.5. The van der Waals surface area contributed by atoms with E-state index in [1.165, 1.54) is 0 Å². The molecule has 0 aliphatic carbocycles. The van der Waals surface area contributed by atoms with Gasteiger partial charge in [0.15, 0.2) is 0 Å². The molecule has 0 bridgehead atoms. The number of rotatable bonds is 3. The first-order valence-electron chi connectivity index (χ1n) is 5.60. The Bertz CT molecular complexity index is 447. The number of methoxy groups -OCH3 is 1. The van der Waals surface area contributed by atoms with Crippen molar-refractivity contribution >= 4 is 11.9 Å². The number of benzene rings is 1. The molecule has 4 heteroatoms. The largest absolute Gasteiger partial charge is 0.497 e. The van der Waals surface area contributed by atoms with Crippen LogP contribution < -0.4 is 9.75 Å². The minimum atomic E-state index is 0.133. The summed E-state index contributed by atoms with van der Waals surface area (Å²) in [6.45, 7) is 2.08. The predicted octanol–water partition coefficient (Wildman–Crippen LogP) is 2.42. The first-order valence-corrected chi connectivity index (χ1v) is 5.60. The van der Waals surface area contributed by atoms with Gasteiger partial charge in [0, 0.05) is 12.1 Å². The Hall–Kier alpha value is -2.02. The lowest BCUT2D eigenvalue weighted by atomic mass is 10.0. The van der Waals surface area contributed by atoms with E-state index in [4.69, 9.17) is 10.00 Å². The van der Waals surface area contributed by atoms with Crippen molar-refractivity contribution in [1.29, 1.82) is 5.26 Å². The second-order valence-corrected chi connectivity index (χ2v) is 4.10. The lowest BCUT2D eigenvalue weighted by Gasteiger charge is -2.24. The van der Waals surface area contributed by atoms with E-state index in [0.29, 0.717) is 12.3 Å². The highest BCUT2D eigenvalue weighted by Crippen LogP contribution is 2.28. The van der Waals surface area contributed by atoms with Crippen LogP contribution in [-0.2, 0) is 0 Å². The monoisotopic (exact) mass is 229 g/mol. The van der Waals surface area contributed by atoms with Crippen LogP contribution in [0.5, 0.6) is 5.75 Å². The second kappa shape index (κ2) is 4.88. The van der Waals surface area contributed by atoms with Gasteiger partial charge in [0.25, 0.3) is 0 Å². The zero-order valence-electron chi connectivity index (χ0n) is 10.00. The maximum absolute atomic E-state index is 8.84. The molecule has 1 aromatic rings. The van der Waals surface area contributed by atoms with Crippen molar-refractivity contribution in [2.45, 2.75) is 19.4 Å². The lowest BCUT2D eigenvalue weighted by molar-refractivity contribution is 0.414. The zero-order valence-corrected chi connectivity index (χ0v) is 10.00. The van der Waals surface area contributed by atoms with Crippen LogP contribution in [0.25, 0.3) is 0 Å². The summed E-state index contributed by atoms with van der Waals surface area (Å²) in [6, 6.07) is 10.1. The van der Waals surface area contributed by atoms with Gasteiger partial charge >= 0.3 is 0 Å². The highest BCUT2D eigenvalue weighted by molar-refractivity contribution is 5.69. The Morgan fingerprint density at radius 2 is 2.12 bits per heavy atom. The van der Waals surface area contributed by atoms with E-state index in [1.54, 1.807) is 7.11 Å². The van der Waals surface area contributed by atoms with Crippen molar-refractivity contribution < 1.29 is 4.74 Å². The lowest BCUT2D eigenvalue weighted by Crippen LogP contribution is -2.30. The molecule has 0 saturated carbocycles. The number of hydrogen-bond donors (Lipinski definition) is 0. The van der Waals surface area contributed by atoms with E-state index >= 15 is 0 Å². The summed E-state index contributed by atoms with van der Waals surface area (Å²) in [5.41, 5.74) is 0.992. The topological polar surface area (TPSA) is 48.6 Å². The average Bonchev–Trinajstić information content (AvgIpc) is 2.72. The van der Waals surface area contributed by atoms with Crippen molar-refractivity contribution in [2.75, 3.05) is 12.1 Å². The van der Waals surface area contributed by atoms with Crippen molar-refractivity contribution in [1.82, 2.24) is 0 Å². The number of ether oxygens (including phenoxy) is 1. The second-order valence-electron chi connectivity index (χ2n) is 4.10. The molecule has 0 radical (unpaired) electrons. The van der Waals surface area contributed by atoms with Gasteiger partial charge in [-0.2, -0.15) is 10.4 Å². The Morgan fingerprint density at radius 1 is 1.41 bits per heavy atom. The molecule has 4 nitrogen and oxygen atoms in total. The molecule has 2 rings (SSSR count). The molecule has 0 aromatic heterocycles. The molecule has 1 aliphatic heterocycles. The highest BCUT2D eigenvalue weighted by Gasteiger charge is 2.28. The predicted molar refractivity (Wildman–Crippen MR) is 67.1 cm³/mol. The maximum Gasteiger partial charge on any atom is 0.119 e. The molecule has 1 aliphatic rings. The molecule has 0 saturated heterocycles. The van der Waals surface area contributed by atoms with Gasteiger partial charge in [-0.05, 0) is 24.3 Å². The van der Waals surface area contributed by atoms with Gasteiger partial charge in [0.05, 0.1) is 31.3 Å². The summed E-state index contributed by atoms with van der Waals surface area (Å²) in [5, 5.41) is 15.1. The Morgan fingerprint density at radius 3 is 2.71 bits per heavy atom. The van der Waals surface area contributed by atoms with Crippen LogP contribution in [0, 0.1) is 17.2 Å². The Labute approximate surface area is 101 Å². The fraction of sp³-hybridized carbons (Fsp3) is 0.385. The van der Waals surface area contributed by atoms with E-state index < -0.39 is 0 Å². The summed E-state index contributed by atoms with van der Waals surface area (Å²) in [7, 11) is 1.64. The first-order chi connectivity index (χ1) is 8.26. The van der Waals surface area contributed by atoms with E-state index in [-0.39, 0.29) is 6.04 Å². The summed E-state index contributed by atoms with van der Waals surface area (Å²) < 4.78 is 5.12. The fourth-order valence-corrected chi connectivity index (χ4v) is 1.94. The standard InChI is InChI=1S/C13H15N3O/c1-10-9-15-16(13(10)7-8-14)11-3-5-12(17-2)6-4-11/h3-6,9-10,13H,7H2,1-2H3/t10-,13+/m1/s1. The van der Waals surface area contributed by atoms with Crippen LogP contribution in [0.15, 0.2) is 29.4 Å². The number of nitrogens with zero attached hydrogens (tertiary/aromatic N) is 3. The van der Waals surface area contributed by atoms with E-state index in [1.807, 2.05) is 35.5 Å². The van der Waals surface area contributed by atoms with E-state index in [2.05, 4.69) is 18.1 Å². The third-order valence-corrected chi connectivity index (χ3v) is 2.98. The summed E-state index contributed by atoms with van der Waals surface area (Å²) in [6.07, 6.45) is 2.37. The minimum Gasteiger partial charge on any atom is -0.497 e. The third kappa shape index (κ3) is 2.23. The SMILES string of the molecule is COc1ccc(N2N=C[C@@H](C)[C@@H]2CC#N)cc1. The molecule has 0 spiro atoms. The van der Waals surface area contributed by atoms with Gasteiger partial charge in [-0.15, -0.1) is 0 Å². The molecule has 0 N–H and O–H groups in total. The van der Waals surface area contributed by atoms with Crippen LogP contribution in [0.4, 0.5) is 5.69 Å². The van der Waals surface area contributed by atoms with Crippen molar-refractivity contribution in [2.24, 2.45) is 11.0 Å². The molecule has 2 atom stereocenters. The average molecular weight is 229 g/mol. The van der Waals surface area contributed by atoms with Crippen molar-refractivity contribution in [3.63, 3.8) is 0 Å². The molecule has 0 unspecified atom stereocenters. The Kier molecular flexibility index (Phi) is 3.29. The molecule has 1 heterocycles. The number of hydrogen-bond acceptors (Lipinski definition) is 4. The maximum atomic E-state index is 8.84. The quantitative estimate of drug-likeness (QED) is 0.799. The fourth-order valence-electron chi connectivity index (χ4n) is 1.94. The number of hydrazone groups is 1. The van der Waals surface area contributed by atoms with E-state index in [0.717, 1.165) is 11.4 Å². The van der Waals surface area contributed by atoms with Crippen LogP contribution in [0.2, 0.25) is 0 Å². The highest BCUT2D eigenvalue weighted by atomic mass is 16.5. The van der Waals surface area contributed by atoms with Gasteiger partial charge in [0.2, 0.25) is 0 Å². The van der Waals surface area contributed by atoms with Crippen LogP contribution in [0.3, 0.4) is 0 Å². The molecule has 0 fully saturated rings. The molecular weight excluding hydrogens is 214 g/mol. The van der Waals surface area contributed by atoms with Crippen molar-refractivity contribution in [3.05, 3.63) is 24.3 Å². The molecule has 17 heavy (non-hydrogen) atoms. The molecule has 1 aromatic carbocycles.